The zero-order valence-corrected chi connectivity index (χ0v) is 15.0. The van der Waals surface area contributed by atoms with E-state index in [4.69, 9.17) is 11.6 Å². The second kappa shape index (κ2) is 6.85. The predicted octanol–water partition coefficient (Wildman–Crippen LogP) is 6.69. The van der Waals surface area contributed by atoms with Crippen LogP contribution in [0.5, 0.6) is 0 Å². The van der Waals surface area contributed by atoms with Crippen LogP contribution in [0.1, 0.15) is 38.8 Å². The standard InChI is InChI=1S/C18H21BrClN/c1-18(2,3)12-17(13-7-5-4-6-8-13)21-16-11-14(19)9-10-15(16)20/h4-11,17,21H,12H2,1-3H3. The van der Waals surface area contributed by atoms with Crippen LogP contribution in [-0.2, 0) is 0 Å². The van der Waals surface area contributed by atoms with E-state index in [2.05, 4.69) is 66.3 Å². The lowest BCUT2D eigenvalue weighted by atomic mass is 9.85. The van der Waals surface area contributed by atoms with Crippen LogP contribution in [0.25, 0.3) is 0 Å². The van der Waals surface area contributed by atoms with Crippen molar-refractivity contribution in [1.82, 2.24) is 0 Å². The maximum absolute atomic E-state index is 6.32. The predicted molar refractivity (Wildman–Crippen MR) is 96.0 cm³/mol. The molecule has 2 aromatic rings. The molecule has 0 fully saturated rings. The van der Waals surface area contributed by atoms with Crippen molar-refractivity contribution in [1.29, 1.82) is 0 Å². The van der Waals surface area contributed by atoms with Crippen molar-refractivity contribution >= 4 is 33.2 Å². The quantitative estimate of drug-likeness (QED) is 0.635. The number of anilines is 1. The average Bonchev–Trinajstić information content (AvgIpc) is 2.42. The summed E-state index contributed by atoms with van der Waals surface area (Å²) in [6.07, 6.45) is 1.03. The minimum absolute atomic E-state index is 0.228. The normalized spacial score (nSPS) is 13.0. The SMILES string of the molecule is CC(C)(C)CC(Nc1cc(Br)ccc1Cl)c1ccccc1. The molecule has 0 bridgehead atoms. The summed E-state index contributed by atoms with van der Waals surface area (Å²) in [7, 11) is 0. The van der Waals surface area contributed by atoms with Crippen LogP contribution in [0.2, 0.25) is 5.02 Å². The Kier molecular flexibility index (Phi) is 5.34. The van der Waals surface area contributed by atoms with Gasteiger partial charge in [-0.25, -0.2) is 0 Å². The van der Waals surface area contributed by atoms with Gasteiger partial charge in [0, 0.05) is 4.47 Å². The molecule has 3 heteroatoms. The molecule has 0 aliphatic rings. The molecular formula is C18H21BrClN. The molecule has 0 radical (unpaired) electrons. The molecule has 0 heterocycles. The molecule has 2 aromatic carbocycles. The molecule has 1 atom stereocenters. The smallest absolute Gasteiger partial charge is 0.0638 e. The van der Waals surface area contributed by atoms with Crippen LogP contribution in [0.15, 0.2) is 53.0 Å². The molecule has 21 heavy (non-hydrogen) atoms. The monoisotopic (exact) mass is 365 g/mol. The fraction of sp³-hybridized carbons (Fsp3) is 0.333. The first-order valence-corrected chi connectivity index (χ1v) is 8.29. The van der Waals surface area contributed by atoms with Gasteiger partial charge in [0.1, 0.15) is 0 Å². The van der Waals surface area contributed by atoms with Gasteiger partial charge < -0.3 is 5.32 Å². The van der Waals surface area contributed by atoms with E-state index < -0.39 is 0 Å². The average molecular weight is 367 g/mol. The Balaban J connectivity index is 2.30. The fourth-order valence-electron chi connectivity index (χ4n) is 2.35. The highest BCUT2D eigenvalue weighted by Crippen LogP contribution is 2.35. The summed E-state index contributed by atoms with van der Waals surface area (Å²) in [5, 5.41) is 4.34. The van der Waals surface area contributed by atoms with E-state index in [1.165, 1.54) is 5.56 Å². The van der Waals surface area contributed by atoms with E-state index in [0.717, 1.165) is 21.6 Å². The zero-order valence-electron chi connectivity index (χ0n) is 12.7. The van der Waals surface area contributed by atoms with Gasteiger partial charge in [-0.3, -0.25) is 0 Å². The summed E-state index contributed by atoms with van der Waals surface area (Å²) in [4.78, 5) is 0. The van der Waals surface area contributed by atoms with Crippen LogP contribution in [0.3, 0.4) is 0 Å². The van der Waals surface area contributed by atoms with Crippen molar-refractivity contribution < 1.29 is 0 Å². The summed E-state index contributed by atoms with van der Waals surface area (Å²) >= 11 is 9.82. The Hall–Kier alpha value is -0.990. The van der Waals surface area contributed by atoms with E-state index in [1.54, 1.807) is 0 Å². The zero-order chi connectivity index (χ0) is 15.5. The summed E-state index contributed by atoms with van der Waals surface area (Å²) in [6.45, 7) is 6.77. The summed E-state index contributed by atoms with van der Waals surface area (Å²) in [5.41, 5.74) is 2.47. The van der Waals surface area contributed by atoms with Crippen molar-refractivity contribution in [2.24, 2.45) is 5.41 Å². The molecule has 0 amide bonds. The van der Waals surface area contributed by atoms with Crippen molar-refractivity contribution in [3.8, 4) is 0 Å². The topological polar surface area (TPSA) is 12.0 Å². The highest BCUT2D eigenvalue weighted by molar-refractivity contribution is 9.10. The number of nitrogens with one attached hydrogen (secondary N) is 1. The Morgan fingerprint density at radius 2 is 1.76 bits per heavy atom. The van der Waals surface area contributed by atoms with Crippen LogP contribution in [0, 0.1) is 5.41 Å². The number of benzene rings is 2. The molecule has 0 aliphatic heterocycles. The Morgan fingerprint density at radius 1 is 1.10 bits per heavy atom. The van der Waals surface area contributed by atoms with Crippen LogP contribution in [-0.4, -0.2) is 0 Å². The summed E-state index contributed by atoms with van der Waals surface area (Å²) < 4.78 is 1.02. The lowest BCUT2D eigenvalue weighted by molar-refractivity contribution is 0.352. The molecule has 1 nitrogen and oxygen atoms in total. The largest absolute Gasteiger partial charge is 0.377 e. The van der Waals surface area contributed by atoms with Gasteiger partial charge in [0.2, 0.25) is 0 Å². The maximum atomic E-state index is 6.32. The minimum Gasteiger partial charge on any atom is -0.377 e. The van der Waals surface area contributed by atoms with Crippen LogP contribution in [0.4, 0.5) is 5.69 Å². The van der Waals surface area contributed by atoms with Crippen molar-refractivity contribution in [3.63, 3.8) is 0 Å². The second-order valence-electron chi connectivity index (χ2n) is 6.50. The highest BCUT2D eigenvalue weighted by atomic mass is 79.9. The lowest BCUT2D eigenvalue weighted by Gasteiger charge is -2.28. The molecule has 2 rings (SSSR count). The number of hydrogen-bond acceptors (Lipinski definition) is 1. The minimum atomic E-state index is 0.228. The van der Waals surface area contributed by atoms with E-state index in [1.807, 2.05) is 24.3 Å². The van der Waals surface area contributed by atoms with Crippen LogP contribution >= 0.6 is 27.5 Å². The van der Waals surface area contributed by atoms with Crippen molar-refractivity contribution in [3.05, 3.63) is 63.6 Å². The van der Waals surface area contributed by atoms with Gasteiger partial charge in [-0.15, -0.1) is 0 Å². The van der Waals surface area contributed by atoms with Gasteiger partial charge in [0.05, 0.1) is 16.8 Å². The maximum Gasteiger partial charge on any atom is 0.0638 e. The van der Waals surface area contributed by atoms with Crippen molar-refractivity contribution in [2.45, 2.75) is 33.2 Å². The van der Waals surface area contributed by atoms with Gasteiger partial charge in [0.25, 0.3) is 0 Å². The van der Waals surface area contributed by atoms with E-state index in [-0.39, 0.29) is 11.5 Å². The molecule has 0 aromatic heterocycles. The molecule has 112 valence electrons. The number of hydrogen-bond donors (Lipinski definition) is 1. The molecule has 0 saturated heterocycles. The first-order valence-electron chi connectivity index (χ1n) is 7.12. The Labute approximate surface area is 140 Å². The van der Waals surface area contributed by atoms with Gasteiger partial charge >= 0.3 is 0 Å². The molecule has 0 aliphatic carbocycles. The number of rotatable bonds is 4. The first kappa shape index (κ1) is 16.4. The molecular weight excluding hydrogens is 346 g/mol. The Bertz CT molecular complexity index is 590. The van der Waals surface area contributed by atoms with E-state index >= 15 is 0 Å². The molecule has 0 saturated carbocycles. The Morgan fingerprint density at radius 3 is 2.38 bits per heavy atom. The van der Waals surface area contributed by atoms with Gasteiger partial charge in [0.15, 0.2) is 0 Å². The third-order valence-corrected chi connectivity index (χ3v) is 4.10. The third kappa shape index (κ3) is 5.05. The van der Waals surface area contributed by atoms with Gasteiger partial charge in [-0.05, 0) is 35.6 Å². The van der Waals surface area contributed by atoms with Gasteiger partial charge in [-0.2, -0.15) is 0 Å². The van der Waals surface area contributed by atoms with Gasteiger partial charge in [-0.1, -0.05) is 78.6 Å². The first-order chi connectivity index (χ1) is 9.85. The highest BCUT2D eigenvalue weighted by Gasteiger charge is 2.20. The van der Waals surface area contributed by atoms with Crippen LogP contribution < -0.4 is 5.32 Å². The fourth-order valence-corrected chi connectivity index (χ4v) is 2.88. The molecule has 1 unspecified atom stereocenters. The molecule has 0 spiro atoms. The second-order valence-corrected chi connectivity index (χ2v) is 7.82. The number of halogens is 2. The van der Waals surface area contributed by atoms with E-state index in [9.17, 15) is 0 Å². The molecule has 1 N–H and O–H groups in total. The summed E-state index contributed by atoms with van der Waals surface area (Å²) in [6, 6.07) is 16.7. The lowest BCUT2D eigenvalue weighted by Crippen LogP contribution is -2.18. The van der Waals surface area contributed by atoms with Crippen molar-refractivity contribution in [2.75, 3.05) is 5.32 Å². The van der Waals surface area contributed by atoms with E-state index in [0.29, 0.717) is 0 Å². The summed E-state index contributed by atoms with van der Waals surface area (Å²) in [5.74, 6) is 0. The third-order valence-electron chi connectivity index (χ3n) is 3.28.